The predicted molar refractivity (Wildman–Crippen MR) is 135 cm³/mol. The Hall–Kier alpha value is -2.04. The lowest BCUT2D eigenvalue weighted by Crippen LogP contribution is -2.16. The third-order valence-corrected chi connectivity index (χ3v) is 7.70. The van der Waals surface area contributed by atoms with Crippen LogP contribution in [0.3, 0.4) is 0 Å². The molecule has 0 aliphatic heterocycles. The quantitative estimate of drug-likeness (QED) is 0.249. The van der Waals surface area contributed by atoms with Gasteiger partial charge in [0.1, 0.15) is 0 Å². The first-order valence-electron chi connectivity index (χ1n) is 12.2. The van der Waals surface area contributed by atoms with Gasteiger partial charge in [-0.25, -0.2) is 0 Å². The molecule has 3 aromatic rings. The van der Waals surface area contributed by atoms with Crippen LogP contribution in [0.15, 0.2) is 54.7 Å². The highest BCUT2D eigenvalue weighted by molar-refractivity contribution is 7.51. The van der Waals surface area contributed by atoms with E-state index >= 15 is 0 Å². The first-order valence-corrected chi connectivity index (χ1v) is 14.0. The Morgan fingerprint density at radius 2 is 1.79 bits per heavy atom. The standard InChI is InChI=1S/C27H35N2O3P/c30-33(31,32)19-5-17-28-20-24-15-16-25(26-8-4-18-29-27(24)26)23-13-11-22(12-14-23)10-9-21-6-2-1-3-7-21/h4,8,11-16,18,21,28H,1-3,5-7,9-10,17,19-20H2,(H2,30,31,32). The number of benzene rings is 2. The van der Waals surface area contributed by atoms with Gasteiger partial charge >= 0.3 is 7.60 Å². The third-order valence-electron chi connectivity index (χ3n) is 6.80. The number of hydrogen-bond donors (Lipinski definition) is 3. The number of fused-ring (bicyclic) bond motifs is 1. The molecule has 1 aliphatic carbocycles. The van der Waals surface area contributed by atoms with E-state index in [0.29, 0.717) is 19.5 Å². The molecule has 0 unspecified atom stereocenters. The van der Waals surface area contributed by atoms with Crippen LogP contribution >= 0.6 is 7.60 Å². The van der Waals surface area contributed by atoms with E-state index in [9.17, 15) is 4.57 Å². The van der Waals surface area contributed by atoms with Crippen molar-refractivity contribution in [3.8, 4) is 11.1 Å². The summed E-state index contributed by atoms with van der Waals surface area (Å²) in [4.78, 5) is 22.6. The van der Waals surface area contributed by atoms with E-state index in [4.69, 9.17) is 9.79 Å². The number of rotatable bonds is 10. The average Bonchev–Trinajstić information content (AvgIpc) is 2.83. The molecule has 1 aromatic heterocycles. The summed E-state index contributed by atoms with van der Waals surface area (Å²) in [6.45, 7) is 1.18. The number of nitrogens with one attached hydrogen (secondary N) is 1. The second-order valence-electron chi connectivity index (χ2n) is 9.33. The zero-order valence-electron chi connectivity index (χ0n) is 19.2. The van der Waals surface area contributed by atoms with E-state index in [1.807, 2.05) is 12.3 Å². The minimum atomic E-state index is -3.93. The second kappa shape index (κ2) is 11.4. The van der Waals surface area contributed by atoms with E-state index in [-0.39, 0.29) is 6.16 Å². The Labute approximate surface area is 196 Å². The molecule has 33 heavy (non-hydrogen) atoms. The number of aromatic nitrogens is 1. The van der Waals surface area contributed by atoms with Gasteiger partial charge in [-0.1, -0.05) is 74.6 Å². The van der Waals surface area contributed by atoms with Crippen LogP contribution in [0, 0.1) is 5.92 Å². The van der Waals surface area contributed by atoms with Gasteiger partial charge in [-0.3, -0.25) is 9.55 Å². The van der Waals surface area contributed by atoms with E-state index in [1.165, 1.54) is 61.6 Å². The van der Waals surface area contributed by atoms with Crippen LogP contribution in [0.5, 0.6) is 0 Å². The van der Waals surface area contributed by atoms with Crippen molar-refractivity contribution >= 4 is 18.5 Å². The van der Waals surface area contributed by atoms with E-state index in [2.05, 4.69) is 52.8 Å². The van der Waals surface area contributed by atoms with Crippen molar-refractivity contribution < 1.29 is 14.4 Å². The fraction of sp³-hybridized carbons (Fsp3) is 0.444. The fourth-order valence-corrected chi connectivity index (χ4v) is 5.53. The number of hydrogen-bond acceptors (Lipinski definition) is 3. The Morgan fingerprint density at radius 3 is 2.55 bits per heavy atom. The molecule has 1 heterocycles. The molecule has 6 heteroatoms. The molecule has 0 saturated heterocycles. The van der Waals surface area contributed by atoms with Crippen molar-refractivity contribution in [1.29, 1.82) is 0 Å². The first kappa shape index (κ1) is 24.1. The van der Waals surface area contributed by atoms with Gasteiger partial charge in [-0.05, 0) is 60.0 Å². The lowest BCUT2D eigenvalue weighted by Gasteiger charge is -2.21. The maximum atomic E-state index is 11.0. The SMILES string of the molecule is O=P(O)(O)CCCNCc1ccc(-c2ccc(CCC3CCCCC3)cc2)c2cccnc12. The highest BCUT2D eigenvalue weighted by Gasteiger charge is 2.14. The summed E-state index contributed by atoms with van der Waals surface area (Å²) < 4.78 is 11.0. The van der Waals surface area contributed by atoms with Gasteiger partial charge in [0.15, 0.2) is 0 Å². The summed E-state index contributed by atoms with van der Waals surface area (Å²) in [6.07, 6.45) is 11.7. The highest BCUT2D eigenvalue weighted by atomic mass is 31.2. The van der Waals surface area contributed by atoms with Crippen molar-refractivity contribution in [2.75, 3.05) is 12.7 Å². The maximum absolute atomic E-state index is 11.0. The van der Waals surface area contributed by atoms with Gasteiger partial charge < -0.3 is 15.1 Å². The molecule has 0 spiro atoms. The lowest BCUT2D eigenvalue weighted by molar-refractivity contribution is 0.339. The minimum Gasteiger partial charge on any atom is -0.324 e. The molecular formula is C27H35N2O3P. The summed E-state index contributed by atoms with van der Waals surface area (Å²) >= 11 is 0. The Morgan fingerprint density at radius 1 is 1.00 bits per heavy atom. The number of aryl methyl sites for hydroxylation is 1. The van der Waals surface area contributed by atoms with Gasteiger partial charge in [0.25, 0.3) is 0 Å². The first-order chi connectivity index (χ1) is 16.0. The summed E-state index contributed by atoms with van der Waals surface area (Å²) in [5.41, 5.74) is 5.87. The predicted octanol–water partition coefficient (Wildman–Crippen LogP) is 6.07. The number of nitrogens with zero attached hydrogens (tertiary/aromatic N) is 1. The average molecular weight is 467 g/mol. The van der Waals surface area contributed by atoms with Crippen LogP contribution in [0.4, 0.5) is 0 Å². The molecule has 0 radical (unpaired) electrons. The zero-order valence-corrected chi connectivity index (χ0v) is 20.1. The number of pyridine rings is 1. The molecule has 176 valence electrons. The van der Waals surface area contributed by atoms with Crippen LogP contribution in [0.1, 0.15) is 56.1 Å². The largest absolute Gasteiger partial charge is 0.325 e. The topological polar surface area (TPSA) is 82.5 Å². The third kappa shape index (κ3) is 6.97. The summed E-state index contributed by atoms with van der Waals surface area (Å²) in [5, 5.41) is 4.42. The maximum Gasteiger partial charge on any atom is 0.325 e. The van der Waals surface area contributed by atoms with Crippen molar-refractivity contribution in [3.63, 3.8) is 0 Å². The monoisotopic (exact) mass is 466 g/mol. The molecule has 1 fully saturated rings. The van der Waals surface area contributed by atoms with Gasteiger partial charge in [0.2, 0.25) is 0 Å². The van der Waals surface area contributed by atoms with Gasteiger partial charge in [-0.15, -0.1) is 0 Å². The van der Waals surface area contributed by atoms with E-state index < -0.39 is 7.60 Å². The van der Waals surface area contributed by atoms with Crippen molar-refractivity contribution in [2.45, 2.75) is 57.9 Å². The molecule has 1 aliphatic rings. The highest BCUT2D eigenvalue weighted by Crippen LogP contribution is 2.34. The van der Waals surface area contributed by atoms with Gasteiger partial charge in [-0.2, -0.15) is 0 Å². The Balaban J connectivity index is 1.42. The van der Waals surface area contributed by atoms with E-state index in [0.717, 1.165) is 22.4 Å². The molecule has 2 aromatic carbocycles. The van der Waals surface area contributed by atoms with Crippen LogP contribution < -0.4 is 5.32 Å². The molecule has 0 atom stereocenters. The summed E-state index contributed by atoms with van der Waals surface area (Å²) in [7, 11) is -3.93. The smallest absolute Gasteiger partial charge is 0.324 e. The van der Waals surface area contributed by atoms with Crippen LogP contribution in [-0.4, -0.2) is 27.5 Å². The van der Waals surface area contributed by atoms with Gasteiger partial charge in [0, 0.05) is 18.1 Å². The zero-order chi connectivity index (χ0) is 23.1. The summed E-state index contributed by atoms with van der Waals surface area (Å²) in [6, 6.07) is 17.4. The molecule has 1 saturated carbocycles. The van der Waals surface area contributed by atoms with Crippen LogP contribution in [0.25, 0.3) is 22.0 Å². The molecule has 3 N–H and O–H groups in total. The molecular weight excluding hydrogens is 431 g/mol. The van der Waals surface area contributed by atoms with E-state index in [1.54, 1.807) is 0 Å². The Kier molecular flexibility index (Phi) is 8.32. The second-order valence-corrected chi connectivity index (χ2v) is 11.1. The van der Waals surface area contributed by atoms with Gasteiger partial charge in [0.05, 0.1) is 11.7 Å². The molecule has 0 bridgehead atoms. The fourth-order valence-electron chi connectivity index (χ4n) is 4.96. The summed E-state index contributed by atoms with van der Waals surface area (Å²) in [5.74, 6) is 0.909. The van der Waals surface area contributed by atoms with Crippen LogP contribution in [-0.2, 0) is 17.5 Å². The Bertz CT molecular complexity index is 1090. The van der Waals surface area contributed by atoms with Crippen molar-refractivity contribution in [3.05, 3.63) is 65.9 Å². The molecule has 5 nitrogen and oxygen atoms in total. The lowest BCUT2D eigenvalue weighted by atomic mass is 9.85. The van der Waals surface area contributed by atoms with Crippen LogP contribution in [0.2, 0.25) is 0 Å². The minimum absolute atomic E-state index is 0.0887. The molecule has 0 amide bonds. The molecule has 4 rings (SSSR count). The normalized spacial score (nSPS) is 15.2. The van der Waals surface area contributed by atoms with Crippen molar-refractivity contribution in [2.24, 2.45) is 5.92 Å². The van der Waals surface area contributed by atoms with Crippen molar-refractivity contribution in [1.82, 2.24) is 10.3 Å².